The Balaban J connectivity index is 1.58. The molecule has 9 heteroatoms. The van der Waals surface area contributed by atoms with Gasteiger partial charge in [0.05, 0.1) is 5.56 Å². The summed E-state index contributed by atoms with van der Waals surface area (Å²) in [6.07, 6.45) is -0.225. The highest BCUT2D eigenvalue weighted by Crippen LogP contribution is 2.32. The van der Waals surface area contributed by atoms with E-state index in [0.717, 1.165) is 37.1 Å². The van der Waals surface area contributed by atoms with Gasteiger partial charge in [0.1, 0.15) is 0 Å². The van der Waals surface area contributed by atoms with Crippen molar-refractivity contribution in [2.24, 2.45) is 0 Å². The van der Waals surface area contributed by atoms with Crippen molar-refractivity contribution in [3.63, 3.8) is 0 Å². The lowest BCUT2D eigenvalue weighted by atomic mass is 10.1. The van der Waals surface area contributed by atoms with E-state index in [1.165, 1.54) is 6.08 Å². The van der Waals surface area contributed by atoms with Crippen LogP contribution < -0.4 is 16.0 Å². The van der Waals surface area contributed by atoms with Crippen LogP contribution in [0.3, 0.4) is 0 Å². The number of rotatable bonds is 5. The number of nitrogens with one attached hydrogen (secondary N) is 3. The number of hydrogen-bond donors (Lipinski definition) is 3. The van der Waals surface area contributed by atoms with Crippen LogP contribution in [-0.2, 0) is 11.0 Å². The number of urea groups is 1. The van der Waals surface area contributed by atoms with Crippen LogP contribution in [0.25, 0.3) is 6.08 Å². The molecule has 0 bridgehead atoms. The van der Waals surface area contributed by atoms with E-state index in [9.17, 15) is 22.8 Å². The lowest BCUT2D eigenvalue weighted by Gasteiger charge is -2.09. The fraction of sp³-hybridized carbons (Fsp3) is 0.200. The Morgan fingerprint density at radius 2 is 1.62 bits per heavy atom. The molecule has 5 nitrogen and oxygen atoms in total. The van der Waals surface area contributed by atoms with Crippen molar-refractivity contribution in [2.45, 2.75) is 25.1 Å². The van der Waals surface area contributed by atoms with Gasteiger partial charge in [-0.3, -0.25) is 4.79 Å². The van der Waals surface area contributed by atoms with Gasteiger partial charge in [-0.25, -0.2) is 4.79 Å². The monoisotopic (exact) mass is 423 g/mol. The molecule has 0 spiro atoms. The smallest absolute Gasteiger partial charge is 0.335 e. The summed E-state index contributed by atoms with van der Waals surface area (Å²) in [5.74, 6) is -0.536. The summed E-state index contributed by atoms with van der Waals surface area (Å²) in [6.45, 7) is 0. The van der Waals surface area contributed by atoms with Crippen LogP contribution >= 0.6 is 11.6 Å². The second-order valence-corrected chi connectivity index (χ2v) is 6.91. The molecule has 3 amide bonds. The third kappa shape index (κ3) is 6.25. The van der Waals surface area contributed by atoms with E-state index >= 15 is 0 Å². The minimum Gasteiger partial charge on any atom is -0.335 e. The Morgan fingerprint density at radius 3 is 2.21 bits per heavy atom. The maximum atomic E-state index is 12.8. The number of carbonyl (C=O) groups excluding carboxylic acids is 2. The van der Waals surface area contributed by atoms with E-state index in [4.69, 9.17) is 11.6 Å². The summed E-state index contributed by atoms with van der Waals surface area (Å²) < 4.78 is 38.4. The van der Waals surface area contributed by atoms with Gasteiger partial charge in [0.15, 0.2) is 0 Å². The molecule has 0 unspecified atom stereocenters. The molecule has 152 valence electrons. The second-order valence-electron chi connectivity index (χ2n) is 6.51. The normalized spacial score (nSPS) is 13.9. The average molecular weight is 424 g/mol. The van der Waals surface area contributed by atoms with Crippen molar-refractivity contribution < 1.29 is 22.8 Å². The van der Waals surface area contributed by atoms with E-state index in [2.05, 4.69) is 16.0 Å². The SMILES string of the molecule is O=C(/C=C/c1cc(C(F)(F)F)ccc1Cl)Nc1ccc(NC(=O)NC2CC2)cc1. The van der Waals surface area contributed by atoms with Gasteiger partial charge in [-0.2, -0.15) is 13.2 Å². The van der Waals surface area contributed by atoms with Gasteiger partial charge in [-0.15, -0.1) is 0 Å². The maximum absolute atomic E-state index is 12.8. The van der Waals surface area contributed by atoms with Crippen molar-refractivity contribution in [3.8, 4) is 0 Å². The number of alkyl halides is 3. The highest BCUT2D eigenvalue weighted by Gasteiger charge is 2.30. The molecule has 0 radical (unpaired) electrons. The minimum absolute atomic E-state index is 0.0814. The zero-order chi connectivity index (χ0) is 21.0. The molecule has 0 atom stereocenters. The van der Waals surface area contributed by atoms with Crippen molar-refractivity contribution in [2.75, 3.05) is 10.6 Å². The Hall–Kier alpha value is -3.00. The van der Waals surface area contributed by atoms with Crippen molar-refractivity contribution >= 4 is 41.0 Å². The molecule has 1 fully saturated rings. The Labute approximate surface area is 169 Å². The summed E-state index contributed by atoms with van der Waals surface area (Å²) >= 11 is 5.89. The molecular formula is C20H17ClF3N3O2. The summed E-state index contributed by atoms with van der Waals surface area (Å²) in [5, 5.41) is 8.15. The van der Waals surface area contributed by atoms with E-state index in [-0.39, 0.29) is 22.7 Å². The first-order chi connectivity index (χ1) is 13.7. The molecule has 2 aromatic carbocycles. The predicted octanol–water partition coefficient (Wildman–Crippen LogP) is 5.29. The summed E-state index contributed by atoms with van der Waals surface area (Å²) in [7, 11) is 0. The number of amides is 3. The van der Waals surface area contributed by atoms with Crippen LogP contribution in [0.1, 0.15) is 24.0 Å². The van der Waals surface area contributed by atoms with Crippen molar-refractivity contribution in [1.82, 2.24) is 5.32 Å². The number of anilines is 2. The van der Waals surface area contributed by atoms with Gasteiger partial charge in [0.2, 0.25) is 5.91 Å². The number of halogens is 4. The first-order valence-electron chi connectivity index (χ1n) is 8.74. The van der Waals surface area contributed by atoms with Gasteiger partial charge in [0, 0.05) is 28.5 Å². The fourth-order valence-electron chi connectivity index (χ4n) is 2.41. The summed E-state index contributed by atoms with van der Waals surface area (Å²) in [6, 6.07) is 9.26. The highest BCUT2D eigenvalue weighted by molar-refractivity contribution is 6.32. The van der Waals surface area contributed by atoms with Gasteiger partial charge in [0.25, 0.3) is 0 Å². The molecule has 0 saturated heterocycles. The zero-order valence-corrected chi connectivity index (χ0v) is 15.8. The molecule has 29 heavy (non-hydrogen) atoms. The third-order valence-corrected chi connectivity index (χ3v) is 4.40. The van der Waals surface area contributed by atoms with E-state index in [1.54, 1.807) is 24.3 Å². The fourth-order valence-corrected chi connectivity index (χ4v) is 2.59. The summed E-state index contributed by atoms with van der Waals surface area (Å²) in [5.41, 5.74) is 0.254. The molecule has 0 aliphatic heterocycles. The average Bonchev–Trinajstić information content (AvgIpc) is 3.45. The van der Waals surface area contributed by atoms with E-state index in [1.807, 2.05) is 0 Å². The lowest BCUT2D eigenvalue weighted by Crippen LogP contribution is -2.30. The number of carbonyl (C=O) groups is 2. The molecule has 3 rings (SSSR count). The van der Waals surface area contributed by atoms with Crippen LogP contribution in [0.4, 0.5) is 29.3 Å². The van der Waals surface area contributed by atoms with E-state index < -0.39 is 17.6 Å². The number of hydrogen-bond acceptors (Lipinski definition) is 2. The molecule has 1 aliphatic carbocycles. The standard InChI is InChI=1S/C20H17ClF3N3O2/c21-17-9-2-13(20(22,23)24)11-12(17)1-10-18(28)25-14-3-5-15(6-4-14)26-19(29)27-16-7-8-16/h1-6,9-11,16H,7-8H2,(H,25,28)(H2,26,27,29)/b10-1+. The van der Waals surface area contributed by atoms with E-state index in [0.29, 0.717) is 11.4 Å². The van der Waals surface area contributed by atoms with Crippen LogP contribution in [0.5, 0.6) is 0 Å². The molecular weight excluding hydrogens is 407 g/mol. The third-order valence-electron chi connectivity index (χ3n) is 4.06. The summed E-state index contributed by atoms with van der Waals surface area (Å²) in [4.78, 5) is 23.7. The topological polar surface area (TPSA) is 70.2 Å². The lowest BCUT2D eigenvalue weighted by molar-refractivity contribution is -0.137. The molecule has 0 aromatic heterocycles. The molecule has 1 saturated carbocycles. The first kappa shape index (κ1) is 20.7. The largest absolute Gasteiger partial charge is 0.416 e. The maximum Gasteiger partial charge on any atom is 0.416 e. The quantitative estimate of drug-likeness (QED) is 0.571. The van der Waals surface area contributed by atoms with Gasteiger partial charge in [-0.05, 0) is 66.9 Å². The van der Waals surface area contributed by atoms with Gasteiger partial charge >= 0.3 is 12.2 Å². The molecule has 2 aromatic rings. The molecule has 0 heterocycles. The van der Waals surface area contributed by atoms with Crippen LogP contribution in [0.15, 0.2) is 48.5 Å². The Kier molecular flexibility index (Phi) is 6.12. The number of benzene rings is 2. The predicted molar refractivity (Wildman–Crippen MR) is 106 cm³/mol. The Bertz CT molecular complexity index is 939. The second kappa shape index (κ2) is 8.57. The van der Waals surface area contributed by atoms with Crippen molar-refractivity contribution in [1.29, 1.82) is 0 Å². The molecule has 3 N–H and O–H groups in total. The van der Waals surface area contributed by atoms with Gasteiger partial charge in [-0.1, -0.05) is 11.6 Å². The van der Waals surface area contributed by atoms with Crippen LogP contribution in [-0.4, -0.2) is 18.0 Å². The van der Waals surface area contributed by atoms with Gasteiger partial charge < -0.3 is 16.0 Å². The van der Waals surface area contributed by atoms with Crippen LogP contribution in [0, 0.1) is 0 Å². The zero-order valence-electron chi connectivity index (χ0n) is 15.0. The highest BCUT2D eigenvalue weighted by atomic mass is 35.5. The minimum atomic E-state index is -4.50. The van der Waals surface area contributed by atoms with Crippen molar-refractivity contribution in [3.05, 3.63) is 64.7 Å². The first-order valence-corrected chi connectivity index (χ1v) is 9.12. The van der Waals surface area contributed by atoms with Crippen LogP contribution in [0.2, 0.25) is 5.02 Å². The Morgan fingerprint density at radius 1 is 1.00 bits per heavy atom. The molecule has 1 aliphatic rings.